The summed E-state index contributed by atoms with van der Waals surface area (Å²) in [5.74, 6) is 0. The van der Waals surface area contributed by atoms with Gasteiger partial charge in [0.1, 0.15) is 4.21 Å². The van der Waals surface area contributed by atoms with Gasteiger partial charge in [-0.3, -0.25) is 14.8 Å². The molecule has 1 aromatic carbocycles. The number of aromatic amines is 1. The van der Waals surface area contributed by atoms with Gasteiger partial charge in [0.05, 0.1) is 15.7 Å². The molecule has 0 fully saturated rings. The van der Waals surface area contributed by atoms with Crippen molar-refractivity contribution in [3.63, 3.8) is 0 Å². The Bertz CT molecular complexity index is 1190. The van der Waals surface area contributed by atoms with Crippen molar-refractivity contribution in [2.24, 2.45) is 0 Å². The molecule has 3 aromatic heterocycles. The third-order valence-corrected chi connectivity index (χ3v) is 7.34. The van der Waals surface area contributed by atoms with Crippen LogP contribution < -0.4 is 4.72 Å². The molecule has 0 saturated heterocycles. The van der Waals surface area contributed by atoms with Gasteiger partial charge in [-0.25, -0.2) is 8.42 Å². The van der Waals surface area contributed by atoms with Gasteiger partial charge in [0, 0.05) is 29.2 Å². The van der Waals surface area contributed by atoms with Crippen LogP contribution in [-0.4, -0.2) is 23.6 Å². The molecule has 0 aliphatic heterocycles. The fourth-order valence-corrected chi connectivity index (χ4v) is 5.70. The molecule has 0 spiro atoms. The van der Waals surface area contributed by atoms with E-state index in [4.69, 9.17) is 0 Å². The van der Waals surface area contributed by atoms with Gasteiger partial charge in [-0.1, -0.05) is 12.1 Å². The highest BCUT2D eigenvalue weighted by atomic mass is 79.9. The molecule has 27 heavy (non-hydrogen) atoms. The fraction of sp³-hybridized carbons (Fsp3) is 0. The molecule has 6 nitrogen and oxygen atoms in total. The highest BCUT2D eigenvalue weighted by Gasteiger charge is 2.17. The molecule has 0 saturated carbocycles. The van der Waals surface area contributed by atoms with Gasteiger partial charge in [0.25, 0.3) is 10.0 Å². The van der Waals surface area contributed by atoms with E-state index in [0.717, 1.165) is 37.5 Å². The summed E-state index contributed by atoms with van der Waals surface area (Å²) in [5.41, 5.74) is 4.00. The highest BCUT2D eigenvalue weighted by molar-refractivity contribution is 9.11. The molecule has 0 unspecified atom stereocenters. The number of hydrogen-bond donors (Lipinski definition) is 2. The van der Waals surface area contributed by atoms with E-state index >= 15 is 0 Å². The topological polar surface area (TPSA) is 87.7 Å². The molecule has 3 heterocycles. The highest BCUT2D eigenvalue weighted by Crippen LogP contribution is 2.32. The molecule has 0 radical (unpaired) electrons. The van der Waals surface area contributed by atoms with Gasteiger partial charge in [-0.15, -0.1) is 11.3 Å². The zero-order chi connectivity index (χ0) is 18.9. The van der Waals surface area contributed by atoms with Gasteiger partial charge in [0.2, 0.25) is 0 Å². The summed E-state index contributed by atoms with van der Waals surface area (Å²) in [6.45, 7) is 0. The third kappa shape index (κ3) is 3.80. The molecule has 0 atom stereocenters. The number of nitrogens with zero attached hydrogens (tertiary/aromatic N) is 2. The minimum atomic E-state index is -3.64. The lowest BCUT2D eigenvalue weighted by Crippen LogP contribution is -2.11. The Morgan fingerprint density at radius 2 is 1.85 bits per heavy atom. The SMILES string of the molecule is O=S(=O)(Nc1cccc(-c2[nH]ncc2-c2ccncc2)c1)c1ccc(Br)s1. The first-order valence-electron chi connectivity index (χ1n) is 7.85. The zero-order valence-electron chi connectivity index (χ0n) is 13.8. The average Bonchev–Trinajstić information content (AvgIpc) is 3.32. The third-order valence-electron chi connectivity index (χ3n) is 3.85. The largest absolute Gasteiger partial charge is 0.279 e. The summed E-state index contributed by atoms with van der Waals surface area (Å²) in [6, 6.07) is 14.3. The van der Waals surface area contributed by atoms with E-state index in [-0.39, 0.29) is 4.21 Å². The summed E-state index contributed by atoms with van der Waals surface area (Å²) < 4.78 is 28.7. The number of H-pyrrole nitrogens is 1. The van der Waals surface area contributed by atoms with E-state index in [1.165, 1.54) is 0 Å². The van der Waals surface area contributed by atoms with Crippen LogP contribution in [0.5, 0.6) is 0 Å². The number of benzene rings is 1. The first kappa shape index (κ1) is 17.9. The van der Waals surface area contributed by atoms with E-state index in [9.17, 15) is 8.42 Å². The van der Waals surface area contributed by atoms with Crippen molar-refractivity contribution in [2.75, 3.05) is 4.72 Å². The fourth-order valence-electron chi connectivity index (χ4n) is 2.64. The molecule has 0 amide bonds. The number of rotatable bonds is 5. The molecule has 0 aliphatic rings. The predicted molar refractivity (Wildman–Crippen MR) is 110 cm³/mol. The summed E-state index contributed by atoms with van der Waals surface area (Å²) in [4.78, 5) is 4.03. The van der Waals surface area contributed by atoms with Crippen LogP contribution in [0.2, 0.25) is 0 Å². The van der Waals surface area contributed by atoms with E-state index < -0.39 is 10.0 Å². The molecule has 0 aliphatic carbocycles. The lowest BCUT2D eigenvalue weighted by atomic mass is 10.0. The maximum Gasteiger partial charge on any atom is 0.271 e. The summed E-state index contributed by atoms with van der Waals surface area (Å²) in [6.07, 6.45) is 5.18. The molecule has 4 aromatic rings. The van der Waals surface area contributed by atoms with Crippen molar-refractivity contribution in [1.29, 1.82) is 0 Å². The molecule has 9 heteroatoms. The smallest absolute Gasteiger partial charge is 0.271 e. The zero-order valence-corrected chi connectivity index (χ0v) is 17.0. The summed E-state index contributed by atoms with van der Waals surface area (Å²) in [5, 5.41) is 7.14. The van der Waals surface area contributed by atoms with Crippen molar-refractivity contribution < 1.29 is 8.42 Å². The van der Waals surface area contributed by atoms with Crippen LogP contribution in [0, 0.1) is 0 Å². The number of pyridine rings is 1. The lowest BCUT2D eigenvalue weighted by Gasteiger charge is -2.09. The molecular weight excluding hydrogens is 448 g/mol. The maximum absolute atomic E-state index is 12.6. The summed E-state index contributed by atoms with van der Waals surface area (Å²) >= 11 is 4.45. The predicted octanol–water partition coefficient (Wildman–Crippen LogP) is 4.76. The van der Waals surface area contributed by atoms with E-state index in [1.807, 2.05) is 18.2 Å². The van der Waals surface area contributed by atoms with Crippen LogP contribution in [0.15, 0.2) is 75.1 Å². The minimum Gasteiger partial charge on any atom is -0.279 e. The Kier molecular flexibility index (Phi) is 4.81. The number of hydrogen-bond acceptors (Lipinski definition) is 5. The van der Waals surface area contributed by atoms with Crippen LogP contribution in [0.3, 0.4) is 0 Å². The number of sulfonamides is 1. The van der Waals surface area contributed by atoms with Gasteiger partial charge >= 0.3 is 0 Å². The Balaban J connectivity index is 1.68. The van der Waals surface area contributed by atoms with E-state index in [1.54, 1.807) is 48.9 Å². The second-order valence-corrected chi connectivity index (χ2v) is 10.0. The number of halogens is 1. The van der Waals surface area contributed by atoms with E-state index in [2.05, 4.69) is 35.8 Å². The van der Waals surface area contributed by atoms with Crippen LogP contribution in [-0.2, 0) is 10.0 Å². The van der Waals surface area contributed by atoms with Gasteiger partial charge < -0.3 is 0 Å². The number of thiophene rings is 1. The van der Waals surface area contributed by atoms with Crippen LogP contribution in [0.25, 0.3) is 22.4 Å². The Morgan fingerprint density at radius 3 is 2.59 bits per heavy atom. The first-order valence-corrected chi connectivity index (χ1v) is 10.9. The van der Waals surface area contributed by atoms with Crippen molar-refractivity contribution in [3.8, 4) is 22.4 Å². The second-order valence-electron chi connectivity index (χ2n) is 5.64. The van der Waals surface area contributed by atoms with Gasteiger partial charge in [-0.05, 0) is 57.9 Å². The standard InChI is InChI=1S/C18H13BrN4O2S2/c19-16-4-5-17(26-16)27(24,25)23-14-3-1-2-13(10-14)18-15(11-21-22-18)12-6-8-20-9-7-12/h1-11,23H,(H,21,22). The molecule has 0 bridgehead atoms. The van der Waals surface area contributed by atoms with Gasteiger partial charge in [0.15, 0.2) is 0 Å². The minimum absolute atomic E-state index is 0.249. The molecule has 4 rings (SSSR count). The average molecular weight is 461 g/mol. The normalized spacial score (nSPS) is 11.4. The number of anilines is 1. The Morgan fingerprint density at radius 1 is 1.04 bits per heavy atom. The van der Waals surface area contributed by atoms with Crippen molar-refractivity contribution >= 4 is 43.0 Å². The van der Waals surface area contributed by atoms with Crippen molar-refractivity contribution in [1.82, 2.24) is 15.2 Å². The maximum atomic E-state index is 12.6. The molecular formula is C18H13BrN4O2S2. The van der Waals surface area contributed by atoms with E-state index in [0.29, 0.717) is 5.69 Å². The lowest BCUT2D eigenvalue weighted by molar-refractivity contribution is 0.603. The first-order chi connectivity index (χ1) is 13.0. The second kappa shape index (κ2) is 7.26. The summed E-state index contributed by atoms with van der Waals surface area (Å²) in [7, 11) is -3.64. The van der Waals surface area contributed by atoms with Crippen LogP contribution in [0.4, 0.5) is 5.69 Å². The van der Waals surface area contributed by atoms with Gasteiger partial charge in [-0.2, -0.15) is 5.10 Å². The quantitative estimate of drug-likeness (QED) is 0.449. The monoisotopic (exact) mass is 460 g/mol. The molecule has 2 N–H and O–H groups in total. The van der Waals surface area contributed by atoms with Crippen molar-refractivity contribution in [2.45, 2.75) is 4.21 Å². The molecule has 136 valence electrons. The number of nitrogens with one attached hydrogen (secondary N) is 2. The Labute approximate surface area is 168 Å². The Hall–Kier alpha value is -2.49. The van der Waals surface area contributed by atoms with Crippen molar-refractivity contribution in [3.05, 3.63) is 70.9 Å². The number of aromatic nitrogens is 3. The van der Waals surface area contributed by atoms with Crippen LogP contribution in [0.1, 0.15) is 0 Å². The van der Waals surface area contributed by atoms with Crippen LogP contribution >= 0.6 is 27.3 Å².